The van der Waals surface area contributed by atoms with E-state index in [0.29, 0.717) is 41.2 Å². The number of carbonyl (C=O) groups is 1. The minimum absolute atomic E-state index is 0.0954. The highest BCUT2D eigenvalue weighted by atomic mass is 32.2. The van der Waals surface area contributed by atoms with Gasteiger partial charge in [0.2, 0.25) is 0 Å². The number of aryl methyl sites for hydroxylation is 1. The number of fused-ring (bicyclic) bond motifs is 1. The molecule has 1 heterocycles. The van der Waals surface area contributed by atoms with Gasteiger partial charge in [-0.25, -0.2) is 12.4 Å². The van der Waals surface area contributed by atoms with Crippen molar-refractivity contribution in [2.75, 3.05) is 13.2 Å². The number of unbranched alkanes of at least 4 members (excludes halogenated alkanes) is 1. The third-order valence-corrected chi connectivity index (χ3v) is 6.58. The molecular formula is C23H27NO6S. The number of hydrogen-bond donors (Lipinski definition) is 1. The lowest BCUT2D eigenvalue weighted by Crippen LogP contribution is -2.12. The Balaban J connectivity index is 2.00. The van der Waals surface area contributed by atoms with Gasteiger partial charge in [0, 0.05) is 18.0 Å². The quantitative estimate of drug-likeness (QED) is 0.438. The summed E-state index contributed by atoms with van der Waals surface area (Å²) in [6.45, 7) is 4.99. The molecule has 0 bridgehead atoms. The molecule has 8 heteroatoms. The van der Waals surface area contributed by atoms with Gasteiger partial charge in [-0.2, -0.15) is 0 Å². The normalized spacial score (nSPS) is 11.5. The van der Waals surface area contributed by atoms with Crippen LogP contribution >= 0.6 is 0 Å². The van der Waals surface area contributed by atoms with E-state index in [-0.39, 0.29) is 17.7 Å². The lowest BCUT2D eigenvalue weighted by molar-refractivity contribution is -0.136. The number of ether oxygens (including phenoxy) is 2. The molecule has 0 unspecified atom stereocenters. The lowest BCUT2D eigenvalue weighted by atomic mass is 10.1. The summed E-state index contributed by atoms with van der Waals surface area (Å²) in [6, 6.07) is 11.5. The number of carboxylic acid groups (broad SMARTS) is 1. The predicted molar refractivity (Wildman–Crippen MR) is 118 cm³/mol. The fraction of sp³-hybridized carbons (Fsp3) is 0.348. The summed E-state index contributed by atoms with van der Waals surface area (Å²) < 4.78 is 39.1. The molecule has 1 N–H and O–H groups in total. The summed E-state index contributed by atoms with van der Waals surface area (Å²) >= 11 is 0. The van der Waals surface area contributed by atoms with Crippen LogP contribution in [0.25, 0.3) is 10.9 Å². The maximum absolute atomic E-state index is 13.4. The summed E-state index contributed by atoms with van der Waals surface area (Å²) in [5.74, 6) is 0.284. The molecule has 0 aliphatic carbocycles. The second-order valence-electron chi connectivity index (χ2n) is 7.13. The maximum atomic E-state index is 13.4. The number of benzene rings is 2. The SMILES string of the molecule is CCCCOc1ccc(S(=O)(=O)n2cc(CCC(=O)O)c3cc(OCC)ccc32)cc1. The molecule has 0 saturated heterocycles. The fourth-order valence-corrected chi connectivity index (χ4v) is 4.69. The number of nitrogens with zero attached hydrogens (tertiary/aromatic N) is 1. The third kappa shape index (κ3) is 5.19. The summed E-state index contributed by atoms with van der Waals surface area (Å²) in [4.78, 5) is 11.2. The van der Waals surface area contributed by atoms with Gasteiger partial charge in [0.1, 0.15) is 11.5 Å². The molecule has 7 nitrogen and oxygen atoms in total. The van der Waals surface area contributed by atoms with E-state index in [1.165, 1.54) is 22.3 Å². The monoisotopic (exact) mass is 445 g/mol. The minimum atomic E-state index is -3.88. The smallest absolute Gasteiger partial charge is 0.303 e. The van der Waals surface area contributed by atoms with Crippen LogP contribution in [0, 0.1) is 0 Å². The average Bonchev–Trinajstić information content (AvgIpc) is 3.12. The van der Waals surface area contributed by atoms with Crippen LogP contribution in [0.15, 0.2) is 53.6 Å². The molecule has 0 spiro atoms. The number of aliphatic carboxylic acids is 1. The van der Waals surface area contributed by atoms with Crippen molar-refractivity contribution in [3.63, 3.8) is 0 Å². The van der Waals surface area contributed by atoms with Gasteiger partial charge in [0.05, 0.1) is 23.6 Å². The molecule has 0 atom stereocenters. The molecule has 2 aromatic carbocycles. The van der Waals surface area contributed by atoms with Crippen molar-refractivity contribution in [1.82, 2.24) is 3.97 Å². The van der Waals surface area contributed by atoms with E-state index in [1.807, 2.05) is 6.92 Å². The van der Waals surface area contributed by atoms with Crippen LogP contribution < -0.4 is 9.47 Å². The fourth-order valence-electron chi connectivity index (χ4n) is 3.30. The molecule has 166 valence electrons. The molecule has 1 aromatic heterocycles. The Morgan fingerprint density at radius 1 is 1.03 bits per heavy atom. The van der Waals surface area contributed by atoms with E-state index in [9.17, 15) is 13.2 Å². The Labute approximate surface area is 182 Å². The zero-order valence-corrected chi connectivity index (χ0v) is 18.5. The standard InChI is InChI=1S/C23H27NO6S/c1-3-5-14-30-18-7-10-20(11-8-18)31(27,28)24-16-17(6-13-23(25)26)21-15-19(29-4-2)9-12-22(21)24/h7-12,15-16H,3-6,13-14H2,1-2H3,(H,25,26). The first-order valence-electron chi connectivity index (χ1n) is 10.3. The second-order valence-corrected chi connectivity index (χ2v) is 8.95. The van der Waals surface area contributed by atoms with Gasteiger partial charge in [-0.05, 0) is 67.8 Å². The van der Waals surface area contributed by atoms with Crippen LogP contribution in [0.5, 0.6) is 11.5 Å². The molecule has 31 heavy (non-hydrogen) atoms. The summed E-state index contributed by atoms with van der Waals surface area (Å²) in [6.07, 6.45) is 3.57. The Morgan fingerprint density at radius 2 is 1.74 bits per heavy atom. The Morgan fingerprint density at radius 3 is 2.39 bits per heavy atom. The number of carboxylic acids is 1. The topological polar surface area (TPSA) is 94.8 Å². The van der Waals surface area contributed by atoms with Crippen LogP contribution in [0.4, 0.5) is 0 Å². The first-order valence-corrected chi connectivity index (χ1v) is 11.8. The summed E-state index contributed by atoms with van der Waals surface area (Å²) in [5, 5.41) is 9.73. The maximum Gasteiger partial charge on any atom is 0.303 e. The summed E-state index contributed by atoms with van der Waals surface area (Å²) in [5.41, 5.74) is 1.12. The molecule has 0 aliphatic rings. The number of rotatable bonds is 11. The van der Waals surface area contributed by atoms with Crippen LogP contribution in [-0.4, -0.2) is 36.7 Å². The first kappa shape index (κ1) is 22.7. The van der Waals surface area contributed by atoms with Gasteiger partial charge in [-0.3, -0.25) is 4.79 Å². The van der Waals surface area contributed by atoms with E-state index in [0.717, 1.165) is 12.8 Å². The van der Waals surface area contributed by atoms with E-state index in [1.54, 1.807) is 30.3 Å². The molecule has 0 fully saturated rings. The Hall–Kier alpha value is -3.00. The van der Waals surface area contributed by atoms with Gasteiger partial charge in [-0.15, -0.1) is 0 Å². The Kier molecular flexibility index (Phi) is 7.22. The number of aromatic nitrogens is 1. The average molecular weight is 446 g/mol. The molecule has 0 radical (unpaired) electrons. The van der Waals surface area contributed by atoms with Crippen molar-refractivity contribution in [2.24, 2.45) is 0 Å². The zero-order chi connectivity index (χ0) is 22.4. The highest BCUT2D eigenvalue weighted by molar-refractivity contribution is 7.90. The van der Waals surface area contributed by atoms with E-state index < -0.39 is 16.0 Å². The van der Waals surface area contributed by atoms with Crippen LogP contribution in [0.2, 0.25) is 0 Å². The van der Waals surface area contributed by atoms with Gasteiger partial charge in [0.15, 0.2) is 0 Å². The molecular weight excluding hydrogens is 418 g/mol. The molecule has 0 aliphatic heterocycles. The van der Waals surface area contributed by atoms with Crippen molar-refractivity contribution in [3.05, 3.63) is 54.2 Å². The van der Waals surface area contributed by atoms with E-state index >= 15 is 0 Å². The highest BCUT2D eigenvalue weighted by Gasteiger charge is 2.22. The van der Waals surface area contributed by atoms with Crippen molar-refractivity contribution >= 4 is 26.9 Å². The third-order valence-electron chi connectivity index (χ3n) is 4.89. The van der Waals surface area contributed by atoms with Crippen molar-refractivity contribution in [3.8, 4) is 11.5 Å². The van der Waals surface area contributed by atoms with Gasteiger partial charge in [-0.1, -0.05) is 13.3 Å². The van der Waals surface area contributed by atoms with Gasteiger partial charge in [0.25, 0.3) is 10.0 Å². The highest BCUT2D eigenvalue weighted by Crippen LogP contribution is 2.30. The Bertz CT molecular complexity index is 1150. The first-order chi connectivity index (χ1) is 14.9. The van der Waals surface area contributed by atoms with Gasteiger partial charge < -0.3 is 14.6 Å². The molecule has 0 saturated carbocycles. The van der Waals surface area contributed by atoms with Crippen molar-refractivity contribution < 1.29 is 27.8 Å². The zero-order valence-electron chi connectivity index (χ0n) is 17.7. The van der Waals surface area contributed by atoms with Crippen molar-refractivity contribution in [1.29, 1.82) is 0 Å². The number of hydrogen-bond acceptors (Lipinski definition) is 5. The molecule has 3 aromatic rings. The molecule has 0 amide bonds. The molecule has 3 rings (SSSR count). The predicted octanol–water partition coefficient (Wildman–Crippen LogP) is 4.47. The van der Waals surface area contributed by atoms with Crippen LogP contribution in [0.3, 0.4) is 0 Å². The summed E-state index contributed by atoms with van der Waals surface area (Å²) in [7, 11) is -3.88. The van der Waals surface area contributed by atoms with Crippen LogP contribution in [-0.2, 0) is 21.2 Å². The second kappa shape index (κ2) is 9.87. The van der Waals surface area contributed by atoms with E-state index in [2.05, 4.69) is 6.92 Å². The minimum Gasteiger partial charge on any atom is -0.494 e. The van der Waals surface area contributed by atoms with Crippen molar-refractivity contribution in [2.45, 2.75) is 44.4 Å². The van der Waals surface area contributed by atoms with Crippen LogP contribution in [0.1, 0.15) is 38.7 Å². The lowest BCUT2D eigenvalue weighted by Gasteiger charge is -2.10. The van der Waals surface area contributed by atoms with Gasteiger partial charge >= 0.3 is 5.97 Å². The largest absolute Gasteiger partial charge is 0.494 e. The van der Waals surface area contributed by atoms with E-state index in [4.69, 9.17) is 14.6 Å².